The number of fused-ring (bicyclic) bond motifs is 3. The van der Waals surface area contributed by atoms with E-state index in [0.29, 0.717) is 0 Å². The molecule has 0 saturated carbocycles. The Kier molecular flexibility index (Phi) is 1.94. The Morgan fingerprint density at radius 3 is 2.56 bits per heavy atom. The van der Waals surface area contributed by atoms with E-state index in [-0.39, 0.29) is 5.84 Å². The molecule has 78 valence electrons. The van der Waals surface area contributed by atoms with E-state index in [9.17, 15) is 0 Å². The van der Waals surface area contributed by atoms with Crippen LogP contribution in [0.15, 0.2) is 42.5 Å². The van der Waals surface area contributed by atoms with Gasteiger partial charge in [-0.3, -0.25) is 5.41 Å². The van der Waals surface area contributed by atoms with E-state index < -0.39 is 0 Å². The summed E-state index contributed by atoms with van der Waals surface area (Å²) >= 11 is 1.74. The van der Waals surface area contributed by atoms with Crippen molar-refractivity contribution in [1.82, 2.24) is 0 Å². The van der Waals surface area contributed by atoms with Crippen molar-refractivity contribution in [3.63, 3.8) is 0 Å². The molecule has 1 aromatic heterocycles. The van der Waals surface area contributed by atoms with Crippen LogP contribution in [0.3, 0.4) is 0 Å². The predicted octanol–water partition coefficient (Wildman–Crippen LogP) is 3.34. The normalized spacial score (nSPS) is 11.0. The van der Waals surface area contributed by atoms with E-state index in [1.54, 1.807) is 11.3 Å². The van der Waals surface area contributed by atoms with Gasteiger partial charge in [-0.05, 0) is 12.1 Å². The molecular weight excluding hydrogens is 216 g/mol. The Morgan fingerprint density at radius 2 is 1.75 bits per heavy atom. The summed E-state index contributed by atoms with van der Waals surface area (Å²) < 4.78 is 2.43. The van der Waals surface area contributed by atoms with E-state index in [2.05, 4.69) is 18.2 Å². The van der Waals surface area contributed by atoms with Gasteiger partial charge in [-0.1, -0.05) is 30.3 Å². The molecule has 16 heavy (non-hydrogen) atoms. The third-order valence-corrected chi connectivity index (χ3v) is 3.83. The molecule has 0 atom stereocenters. The van der Waals surface area contributed by atoms with Gasteiger partial charge < -0.3 is 5.73 Å². The first-order valence-corrected chi connectivity index (χ1v) is 5.83. The van der Waals surface area contributed by atoms with Crippen LogP contribution in [0.2, 0.25) is 0 Å². The van der Waals surface area contributed by atoms with Gasteiger partial charge in [0.1, 0.15) is 5.84 Å². The molecule has 0 radical (unpaired) electrons. The lowest BCUT2D eigenvalue weighted by Crippen LogP contribution is -2.10. The Hall–Kier alpha value is -1.87. The van der Waals surface area contributed by atoms with Gasteiger partial charge in [0.15, 0.2) is 0 Å². The third-order valence-electron chi connectivity index (χ3n) is 2.69. The molecule has 1 heterocycles. The van der Waals surface area contributed by atoms with E-state index in [0.717, 1.165) is 10.9 Å². The van der Waals surface area contributed by atoms with E-state index >= 15 is 0 Å². The van der Waals surface area contributed by atoms with E-state index in [4.69, 9.17) is 11.1 Å². The highest BCUT2D eigenvalue weighted by Gasteiger charge is 2.09. The lowest BCUT2D eigenvalue weighted by molar-refractivity contribution is 1.44. The average molecular weight is 226 g/mol. The van der Waals surface area contributed by atoms with Crippen molar-refractivity contribution in [2.75, 3.05) is 0 Å². The summed E-state index contributed by atoms with van der Waals surface area (Å²) in [4.78, 5) is 0. The predicted molar refractivity (Wildman–Crippen MR) is 70.3 cm³/mol. The highest BCUT2D eigenvalue weighted by Crippen LogP contribution is 2.35. The van der Waals surface area contributed by atoms with Crippen LogP contribution in [0.25, 0.3) is 20.2 Å². The van der Waals surface area contributed by atoms with Crippen molar-refractivity contribution in [2.45, 2.75) is 0 Å². The Morgan fingerprint density at radius 1 is 1.00 bits per heavy atom. The highest BCUT2D eigenvalue weighted by molar-refractivity contribution is 7.25. The van der Waals surface area contributed by atoms with Gasteiger partial charge in [0.2, 0.25) is 0 Å². The maximum absolute atomic E-state index is 7.61. The van der Waals surface area contributed by atoms with Gasteiger partial charge in [-0.2, -0.15) is 0 Å². The average Bonchev–Trinajstić information content (AvgIpc) is 2.66. The molecule has 0 aliphatic heterocycles. The van der Waals surface area contributed by atoms with Crippen LogP contribution in [-0.2, 0) is 0 Å². The topological polar surface area (TPSA) is 49.9 Å². The fraction of sp³-hybridized carbons (Fsp3) is 0. The fourth-order valence-corrected chi connectivity index (χ4v) is 3.13. The summed E-state index contributed by atoms with van der Waals surface area (Å²) in [5.41, 5.74) is 6.45. The smallest absolute Gasteiger partial charge is 0.123 e. The van der Waals surface area contributed by atoms with Crippen LogP contribution in [-0.4, -0.2) is 5.84 Å². The van der Waals surface area contributed by atoms with Crippen LogP contribution in [0, 0.1) is 5.41 Å². The molecule has 0 amide bonds. The number of hydrogen-bond acceptors (Lipinski definition) is 2. The summed E-state index contributed by atoms with van der Waals surface area (Å²) in [6.45, 7) is 0. The Bertz CT molecular complexity index is 697. The second-order valence-electron chi connectivity index (χ2n) is 3.69. The molecular formula is C13H10N2S. The SMILES string of the molecule is N=C(N)c1cccc2sc3ccccc3c12. The minimum Gasteiger partial charge on any atom is -0.384 e. The van der Waals surface area contributed by atoms with Gasteiger partial charge in [-0.25, -0.2) is 0 Å². The minimum absolute atomic E-state index is 0.133. The zero-order valence-corrected chi connectivity index (χ0v) is 9.34. The summed E-state index contributed by atoms with van der Waals surface area (Å²) in [7, 11) is 0. The minimum atomic E-state index is 0.133. The number of thiophene rings is 1. The molecule has 3 N–H and O–H groups in total. The van der Waals surface area contributed by atoms with Gasteiger partial charge in [0.05, 0.1) is 0 Å². The zero-order valence-electron chi connectivity index (χ0n) is 8.53. The monoisotopic (exact) mass is 226 g/mol. The van der Waals surface area contributed by atoms with Crippen molar-refractivity contribution in [2.24, 2.45) is 5.73 Å². The van der Waals surface area contributed by atoms with Crippen LogP contribution in [0.1, 0.15) is 5.56 Å². The molecule has 0 aliphatic rings. The number of nitrogens with two attached hydrogens (primary N) is 1. The molecule has 0 bridgehead atoms. The number of nitrogen functional groups attached to an aromatic ring is 1. The zero-order chi connectivity index (χ0) is 11.1. The van der Waals surface area contributed by atoms with Gasteiger partial charge in [0, 0.05) is 25.7 Å². The highest BCUT2D eigenvalue weighted by atomic mass is 32.1. The van der Waals surface area contributed by atoms with Crippen molar-refractivity contribution < 1.29 is 0 Å². The lowest BCUT2D eigenvalue weighted by Gasteiger charge is -2.00. The molecule has 3 aromatic rings. The largest absolute Gasteiger partial charge is 0.384 e. The number of amidine groups is 1. The first-order chi connectivity index (χ1) is 7.77. The van der Waals surface area contributed by atoms with Crippen LogP contribution >= 0.6 is 11.3 Å². The number of rotatable bonds is 1. The number of hydrogen-bond donors (Lipinski definition) is 2. The quantitative estimate of drug-likeness (QED) is 0.485. The molecule has 0 aliphatic carbocycles. The van der Waals surface area contributed by atoms with Gasteiger partial charge in [-0.15, -0.1) is 11.3 Å². The van der Waals surface area contributed by atoms with Crippen molar-refractivity contribution in [1.29, 1.82) is 5.41 Å². The van der Waals surface area contributed by atoms with Crippen molar-refractivity contribution in [3.05, 3.63) is 48.0 Å². The Balaban J connectivity index is 2.57. The molecule has 0 spiro atoms. The fourth-order valence-electron chi connectivity index (χ4n) is 2.00. The van der Waals surface area contributed by atoms with E-state index in [1.165, 1.54) is 14.8 Å². The van der Waals surface area contributed by atoms with Crippen LogP contribution in [0.5, 0.6) is 0 Å². The maximum Gasteiger partial charge on any atom is 0.123 e. The molecule has 0 unspecified atom stereocenters. The standard InChI is InChI=1S/C13H10N2S/c14-13(15)9-5-3-7-11-12(9)8-4-1-2-6-10(8)16-11/h1-7H,(H3,14,15). The summed E-state index contributed by atoms with van der Waals surface area (Å²) in [6.07, 6.45) is 0. The Labute approximate surface area is 96.8 Å². The maximum atomic E-state index is 7.61. The van der Waals surface area contributed by atoms with Gasteiger partial charge in [0.25, 0.3) is 0 Å². The second-order valence-corrected chi connectivity index (χ2v) is 4.77. The molecule has 3 heteroatoms. The summed E-state index contributed by atoms with van der Waals surface area (Å²) in [5.74, 6) is 0.133. The van der Waals surface area contributed by atoms with Crippen LogP contribution in [0.4, 0.5) is 0 Å². The number of benzene rings is 2. The van der Waals surface area contributed by atoms with E-state index in [1.807, 2.05) is 24.3 Å². The molecule has 3 rings (SSSR count). The summed E-state index contributed by atoms with van der Waals surface area (Å²) in [5, 5.41) is 9.91. The summed E-state index contributed by atoms with van der Waals surface area (Å²) in [6, 6.07) is 14.2. The van der Waals surface area contributed by atoms with Crippen molar-refractivity contribution in [3.8, 4) is 0 Å². The number of nitrogens with one attached hydrogen (secondary N) is 1. The molecule has 2 aromatic carbocycles. The van der Waals surface area contributed by atoms with Crippen LogP contribution < -0.4 is 5.73 Å². The van der Waals surface area contributed by atoms with Gasteiger partial charge >= 0.3 is 0 Å². The third kappa shape index (κ3) is 1.22. The second kappa shape index (κ2) is 3.32. The molecule has 0 fully saturated rings. The lowest BCUT2D eigenvalue weighted by atomic mass is 10.1. The van der Waals surface area contributed by atoms with Crippen molar-refractivity contribution >= 4 is 37.3 Å². The molecule has 2 nitrogen and oxygen atoms in total. The first-order valence-electron chi connectivity index (χ1n) is 5.02. The molecule has 0 saturated heterocycles. The first kappa shape index (κ1) is 9.36.